The van der Waals surface area contributed by atoms with Gasteiger partial charge in [0.15, 0.2) is 0 Å². The lowest BCUT2D eigenvalue weighted by Crippen LogP contribution is -2.48. The van der Waals surface area contributed by atoms with Crippen LogP contribution < -0.4 is 31.9 Å². The number of hydrogen-bond donors (Lipinski definition) is 7. The van der Waals surface area contributed by atoms with E-state index in [0.717, 1.165) is 12.8 Å². The molecule has 0 rings (SSSR count). The van der Waals surface area contributed by atoms with Gasteiger partial charge in [0.2, 0.25) is 35.4 Å². The number of carbonyl (C=O) groups is 7. The number of amides is 6. The second kappa shape index (κ2) is 40.4. The lowest BCUT2D eigenvalue weighted by atomic mass is 10.0. The minimum absolute atomic E-state index is 0.0644. The molecule has 0 aliphatic carbocycles. The first-order valence-electron chi connectivity index (χ1n) is 19.9. The molecule has 2 atom stereocenters. The maximum atomic E-state index is 12.5. The zero-order valence-electron chi connectivity index (χ0n) is 34.3. The van der Waals surface area contributed by atoms with E-state index in [1.165, 1.54) is 0 Å². The lowest BCUT2D eigenvalue weighted by Gasteiger charge is -2.18. The molecule has 0 saturated heterocycles. The third-order valence-electron chi connectivity index (χ3n) is 7.91. The van der Waals surface area contributed by atoms with Gasteiger partial charge in [-0.05, 0) is 25.7 Å². The van der Waals surface area contributed by atoms with Crippen LogP contribution in [0.15, 0.2) is 0 Å². The predicted molar refractivity (Wildman–Crippen MR) is 223 cm³/mol. The fourth-order valence-electron chi connectivity index (χ4n) is 4.63. The smallest absolute Gasteiger partial charge is 0.306 e. The number of carboxylic acids is 1. The Morgan fingerprint density at radius 3 is 1.29 bits per heavy atom. The molecule has 0 fully saturated rings. The Morgan fingerprint density at radius 2 is 0.847 bits per heavy atom. The first-order valence-corrected chi connectivity index (χ1v) is 22.2. The Balaban J connectivity index is 3.57. The first kappa shape index (κ1) is 56.0. The van der Waals surface area contributed by atoms with Crippen LogP contribution >= 0.6 is 31.9 Å². The fourth-order valence-corrected chi connectivity index (χ4v) is 4.99. The van der Waals surface area contributed by atoms with E-state index in [4.69, 9.17) is 33.5 Å². The summed E-state index contributed by atoms with van der Waals surface area (Å²) < 4.78 is 32.5. The van der Waals surface area contributed by atoms with E-state index >= 15 is 0 Å². The summed E-state index contributed by atoms with van der Waals surface area (Å²) in [5.74, 6) is -2.48. The summed E-state index contributed by atoms with van der Waals surface area (Å²) in [7, 11) is 0. The summed E-state index contributed by atoms with van der Waals surface area (Å²) in [6, 6.07) is -0.736. The van der Waals surface area contributed by atoms with Gasteiger partial charge in [0.25, 0.3) is 0 Å². The number of carbonyl (C=O) groups excluding carboxylic acids is 6. The van der Waals surface area contributed by atoms with E-state index in [0.29, 0.717) is 85.1 Å². The monoisotopic (exact) mass is 976 g/mol. The molecule has 0 spiro atoms. The molecule has 20 nitrogen and oxygen atoms in total. The molecule has 0 saturated carbocycles. The van der Waals surface area contributed by atoms with E-state index in [-0.39, 0.29) is 117 Å². The highest BCUT2D eigenvalue weighted by molar-refractivity contribution is 9.09. The van der Waals surface area contributed by atoms with Gasteiger partial charge >= 0.3 is 5.97 Å². The van der Waals surface area contributed by atoms with Crippen LogP contribution in [0.5, 0.6) is 0 Å². The number of halogens is 2. The molecule has 22 heteroatoms. The number of alkyl halides is 2. The molecule has 0 aromatic rings. The topological polar surface area (TPSA) is 267 Å². The number of rotatable bonds is 41. The Labute approximate surface area is 364 Å². The zero-order chi connectivity index (χ0) is 43.8. The van der Waals surface area contributed by atoms with E-state index in [1.807, 2.05) is 0 Å². The van der Waals surface area contributed by atoms with Crippen molar-refractivity contribution in [3.05, 3.63) is 0 Å². The van der Waals surface area contributed by atoms with E-state index in [2.05, 4.69) is 63.8 Å². The van der Waals surface area contributed by atoms with Gasteiger partial charge in [-0.2, -0.15) is 0 Å². The number of ether oxygens (including phenoxy) is 6. The number of unbranched alkanes of at least 4 members (excludes halogenated alkanes) is 1. The van der Waals surface area contributed by atoms with Crippen LogP contribution in [0.4, 0.5) is 0 Å². The van der Waals surface area contributed by atoms with Crippen molar-refractivity contribution in [2.24, 2.45) is 5.92 Å². The quantitative estimate of drug-likeness (QED) is 0.0309. The van der Waals surface area contributed by atoms with Crippen molar-refractivity contribution in [2.45, 2.75) is 64.3 Å². The van der Waals surface area contributed by atoms with Crippen molar-refractivity contribution in [1.82, 2.24) is 31.9 Å². The summed E-state index contributed by atoms with van der Waals surface area (Å²) in [6.45, 7) is 6.87. The van der Waals surface area contributed by atoms with Crippen LogP contribution in [0.3, 0.4) is 0 Å². The lowest BCUT2D eigenvalue weighted by molar-refractivity contribution is -0.141. The van der Waals surface area contributed by atoms with Crippen molar-refractivity contribution in [2.75, 3.05) is 123 Å². The molecule has 0 aromatic heterocycles. The molecule has 0 bridgehead atoms. The van der Waals surface area contributed by atoms with Gasteiger partial charge in [-0.15, -0.1) is 0 Å². The average Bonchev–Trinajstić information content (AvgIpc) is 3.22. The standard InChI is InChI=1S/C37H66Br2N6O14/c1-29(37(52)53)5-2-3-10-40-31(46)7-15-54-21-24-57-18-12-42-32(47)8-16-55-22-25-58-19-13-43-33(48)9-17-56-23-26-59-20-14-44-36(51)30(45-35(50)28-39)6-4-11-41-34(49)27-38/h29-30H,2-28H2,1H3,(H,40,46)(H,41,49)(H,42,47)(H,43,48)(H,44,51)(H,45,50)(H,52,53)/t29-,30-/m0/s1. The number of hydrogen-bond acceptors (Lipinski definition) is 13. The Kier molecular flexibility index (Phi) is 38.4. The van der Waals surface area contributed by atoms with Gasteiger partial charge in [0, 0.05) is 52.0 Å². The van der Waals surface area contributed by atoms with Gasteiger partial charge in [-0.1, -0.05) is 45.2 Å². The summed E-state index contributed by atoms with van der Waals surface area (Å²) in [6.07, 6.45) is 3.52. The molecular weight excluding hydrogens is 912 g/mol. The molecule has 6 amide bonds. The maximum Gasteiger partial charge on any atom is 0.306 e. The molecule has 0 aliphatic rings. The van der Waals surface area contributed by atoms with Gasteiger partial charge in [0.05, 0.1) is 95.9 Å². The van der Waals surface area contributed by atoms with E-state index < -0.39 is 12.0 Å². The van der Waals surface area contributed by atoms with Crippen molar-refractivity contribution < 1.29 is 67.1 Å². The SMILES string of the molecule is C[C@@H](CCCCNC(=O)CCOCCOCCNC(=O)CCOCCOCCNC(=O)CCOCCOCCNC(=O)[C@H](CCCNC(=O)CBr)NC(=O)CBr)C(=O)O. The normalized spacial score (nSPS) is 11.9. The fraction of sp³-hybridized carbons (Fsp3) is 0.811. The van der Waals surface area contributed by atoms with Gasteiger partial charge < -0.3 is 65.4 Å². The molecular formula is C37H66Br2N6O14. The summed E-state index contributed by atoms with van der Waals surface area (Å²) in [5.41, 5.74) is 0. The molecule has 0 unspecified atom stereocenters. The molecule has 0 aliphatic heterocycles. The van der Waals surface area contributed by atoms with Crippen LogP contribution in [0.1, 0.15) is 58.3 Å². The predicted octanol–water partition coefficient (Wildman–Crippen LogP) is -0.217. The summed E-state index contributed by atoms with van der Waals surface area (Å²) in [5, 5.41) is 25.4. The Bertz CT molecular complexity index is 1180. The average molecular weight is 979 g/mol. The van der Waals surface area contributed by atoms with Gasteiger partial charge in [-0.3, -0.25) is 33.6 Å². The van der Waals surface area contributed by atoms with Crippen molar-refractivity contribution in [3.8, 4) is 0 Å². The highest BCUT2D eigenvalue weighted by Gasteiger charge is 2.20. The second-order valence-corrected chi connectivity index (χ2v) is 14.0. The minimum Gasteiger partial charge on any atom is -0.481 e. The summed E-state index contributed by atoms with van der Waals surface area (Å²) in [4.78, 5) is 82.1. The zero-order valence-corrected chi connectivity index (χ0v) is 37.4. The van der Waals surface area contributed by atoms with Crippen LogP contribution in [0.25, 0.3) is 0 Å². The van der Waals surface area contributed by atoms with Crippen LogP contribution in [0.2, 0.25) is 0 Å². The van der Waals surface area contributed by atoms with Crippen molar-refractivity contribution >= 4 is 73.3 Å². The number of carboxylic acid groups (broad SMARTS) is 1. The van der Waals surface area contributed by atoms with E-state index in [1.54, 1.807) is 6.92 Å². The molecule has 59 heavy (non-hydrogen) atoms. The van der Waals surface area contributed by atoms with Crippen LogP contribution in [-0.4, -0.2) is 175 Å². The van der Waals surface area contributed by atoms with Crippen LogP contribution in [-0.2, 0) is 62.0 Å². The summed E-state index contributed by atoms with van der Waals surface area (Å²) >= 11 is 6.13. The molecule has 0 aromatic carbocycles. The largest absolute Gasteiger partial charge is 0.481 e. The van der Waals surface area contributed by atoms with Crippen molar-refractivity contribution in [3.63, 3.8) is 0 Å². The molecule has 342 valence electrons. The van der Waals surface area contributed by atoms with Crippen LogP contribution in [0, 0.1) is 5.92 Å². The third kappa shape index (κ3) is 37.7. The number of aliphatic carboxylic acids is 1. The minimum atomic E-state index is -0.808. The maximum absolute atomic E-state index is 12.5. The molecule has 7 N–H and O–H groups in total. The van der Waals surface area contributed by atoms with Gasteiger partial charge in [0.1, 0.15) is 6.04 Å². The second-order valence-electron chi connectivity index (χ2n) is 12.9. The third-order valence-corrected chi connectivity index (χ3v) is 8.93. The molecule has 0 radical (unpaired) electrons. The molecule has 0 heterocycles. The highest BCUT2D eigenvalue weighted by Crippen LogP contribution is 2.07. The highest BCUT2D eigenvalue weighted by atomic mass is 79.9. The number of nitrogens with one attached hydrogen (secondary N) is 6. The Morgan fingerprint density at radius 1 is 0.458 bits per heavy atom. The first-order chi connectivity index (χ1) is 28.5. The van der Waals surface area contributed by atoms with Gasteiger partial charge in [-0.25, -0.2) is 0 Å². The Hall–Kier alpha value is -2.99. The van der Waals surface area contributed by atoms with Crippen molar-refractivity contribution in [1.29, 1.82) is 0 Å². The van der Waals surface area contributed by atoms with E-state index in [9.17, 15) is 33.6 Å².